The molecule has 1 N–H and O–H groups in total. The SMILES string of the molecule is O=C1CCCC[C@@H](C(=O)N2CCc3ccccc3C2)N1. The van der Waals surface area contributed by atoms with Gasteiger partial charge < -0.3 is 10.2 Å². The van der Waals surface area contributed by atoms with Gasteiger partial charge in [-0.1, -0.05) is 30.7 Å². The summed E-state index contributed by atoms with van der Waals surface area (Å²) in [5.41, 5.74) is 2.56. The van der Waals surface area contributed by atoms with E-state index in [2.05, 4.69) is 17.4 Å². The number of rotatable bonds is 1. The molecule has 106 valence electrons. The van der Waals surface area contributed by atoms with Crippen LogP contribution in [-0.2, 0) is 22.6 Å². The Morgan fingerprint density at radius 1 is 1.15 bits per heavy atom. The predicted octanol–water partition coefficient (Wildman–Crippen LogP) is 1.63. The summed E-state index contributed by atoms with van der Waals surface area (Å²) in [5, 5.41) is 2.87. The normalized spacial score (nSPS) is 22.7. The van der Waals surface area contributed by atoms with Gasteiger partial charge in [0.25, 0.3) is 0 Å². The molecule has 0 bridgehead atoms. The van der Waals surface area contributed by atoms with E-state index in [1.807, 2.05) is 17.0 Å². The zero-order chi connectivity index (χ0) is 13.9. The Morgan fingerprint density at radius 3 is 2.80 bits per heavy atom. The molecule has 4 nitrogen and oxygen atoms in total. The number of hydrogen-bond donors (Lipinski definition) is 1. The van der Waals surface area contributed by atoms with Crippen LogP contribution in [-0.4, -0.2) is 29.3 Å². The third kappa shape index (κ3) is 2.69. The summed E-state index contributed by atoms with van der Waals surface area (Å²) < 4.78 is 0. The molecule has 0 radical (unpaired) electrons. The monoisotopic (exact) mass is 272 g/mol. The van der Waals surface area contributed by atoms with Gasteiger partial charge in [-0.3, -0.25) is 9.59 Å². The van der Waals surface area contributed by atoms with Gasteiger partial charge in [-0.15, -0.1) is 0 Å². The molecule has 0 spiro atoms. The second-order valence-electron chi connectivity index (χ2n) is 5.64. The number of nitrogens with zero attached hydrogens (tertiary/aromatic N) is 1. The van der Waals surface area contributed by atoms with Gasteiger partial charge in [-0.05, 0) is 30.4 Å². The first kappa shape index (κ1) is 13.2. The number of nitrogens with one attached hydrogen (secondary N) is 1. The summed E-state index contributed by atoms with van der Waals surface area (Å²) in [7, 11) is 0. The van der Waals surface area contributed by atoms with Crippen molar-refractivity contribution >= 4 is 11.8 Å². The van der Waals surface area contributed by atoms with Gasteiger partial charge in [0, 0.05) is 19.5 Å². The fourth-order valence-electron chi connectivity index (χ4n) is 3.06. The highest BCUT2D eigenvalue weighted by Crippen LogP contribution is 2.20. The zero-order valence-electron chi connectivity index (χ0n) is 11.6. The second-order valence-corrected chi connectivity index (χ2v) is 5.64. The molecule has 3 rings (SSSR count). The largest absolute Gasteiger partial charge is 0.344 e. The lowest BCUT2D eigenvalue weighted by Crippen LogP contribution is -2.49. The molecule has 20 heavy (non-hydrogen) atoms. The van der Waals surface area contributed by atoms with Gasteiger partial charge in [-0.2, -0.15) is 0 Å². The Bertz CT molecular complexity index is 527. The van der Waals surface area contributed by atoms with Crippen molar-refractivity contribution in [3.8, 4) is 0 Å². The Hall–Kier alpha value is -1.84. The van der Waals surface area contributed by atoms with E-state index in [9.17, 15) is 9.59 Å². The lowest BCUT2D eigenvalue weighted by molar-refractivity contribution is -0.137. The maximum atomic E-state index is 12.6. The van der Waals surface area contributed by atoms with Crippen molar-refractivity contribution in [3.05, 3.63) is 35.4 Å². The fourth-order valence-corrected chi connectivity index (χ4v) is 3.06. The van der Waals surface area contributed by atoms with Crippen LogP contribution in [0.15, 0.2) is 24.3 Å². The van der Waals surface area contributed by atoms with Crippen molar-refractivity contribution in [2.45, 2.75) is 44.7 Å². The van der Waals surface area contributed by atoms with E-state index in [-0.39, 0.29) is 17.9 Å². The lowest BCUT2D eigenvalue weighted by atomic mass is 9.99. The molecule has 2 heterocycles. The van der Waals surface area contributed by atoms with Gasteiger partial charge >= 0.3 is 0 Å². The smallest absolute Gasteiger partial charge is 0.245 e. The van der Waals surface area contributed by atoms with Crippen LogP contribution in [0, 0.1) is 0 Å². The van der Waals surface area contributed by atoms with Crippen LogP contribution < -0.4 is 5.32 Å². The van der Waals surface area contributed by atoms with Gasteiger partial charge in [-0.25, -0.2) is 0 Å². The average molecular weight is 272 g/mol. The number of fused-ring (bicyclic) bond motifs is 1. The molecule has 2 amide bonds. The maximum Gasteiger partial charge on any atom is 0.245 e. The molecule has 0 unspecified atom stereocenters. The number of amides is 2. The molecule has 4 heteroatoms. The fraction of sp³-hybridized carbons (Fsp3) is 0.500. The van der Waals surface area contributed by atoms with Crippen molar-refractivity contribution in [1.82, 2.24) is 10.2 Å². The van der Waals surface area contributed by atoms with Crippen LogP contribution in [0.1, 0.15) is 36.8 Å². The van der Waals surface area contributed by atoms with Gasteiger partial charge in [0.1, 0.15) is 6.04 Å². The minimum Gasteiger partial charge on any atom is -0.344 e. The third-order valence-electron chi connectivity index (χ3n) is 4.22. The average Bonchev–Trinajstić information content (AvgIpc) is 2.70. The van der Waals surface area contributed by atoms with Crippen LogP contribution in [0.2, 0.25) is 0 Å². The molecular formula is C16H20N2O2. The summed E-state index contributed by atoms with van der Waals surface area (Å²) in [4.78, 5) is 26.1. The van der Waals surface area contributed by atoms with E-state index in [0.717, 1.165) is 32.2 Å². The van der Waals surface area contributed by atoms with Crippen LogP contribution in [0.5, 0.6) is 0 Å². The Morgan fingerprint density at radius 2 is 1.95 bits per heavy atom. The number of benzene rings is 1. The maximum absolute atomic E-state index is 12.6. The number of carbonyl (C=O) groups is 2. The molecule has 1 aromatic rings. The van der Waals surface area contributed by atoms with Gasteiger partial charge in [0.15, 0.2) is 0 Å². The van der Waals surface area contributed by atoms with E-state index in [4.69, 9.17) is 0 Å². The first-order chi connectivity index (χ1) is 9.74. The highest BCUT2D eigenvalue weighted by atomic mass is 16.2. The van der Waals surface area contributed by atoms with Gasteiger partial charge in [0.2, 0.25) is 11.8 Å². The van der Waals surface area contributed by atoms with Crippen LogP contribution in [0.3, 0.4) is 0 Å². The zero-order valence-corrected chi connectivity index (χ0v) is 11.6. The second kappa shape index (κ2) is 5.65. The van der Waals surface area contributed by atoms with Crippen LogP contribution >= 0.6 is 0 Å². The molecule has 0 aromatic heterocycles. The number of hydrogen-bond acceptors (Lipinski definition) is 2. The molecule has 1 fully saturated rings. The summed E-state index contributed by atoms with van der Waals surface area (Å²) >= 11 is 0. The predicted molar refractivity (Wildman–Crippen MR) is 76.0 cm³/mol. The Kier molecular flexibility index (Phi) is 3.72. The third-order valence-corrected chi connectivity index (χ3v) is 4.22. The summed E-state index contributed by atoms with van der Waals surface area (Å²) in [6, 6.07) is 7.95. The minimum absolute atomic E-state index is 0.0123. The highest BCUT2D eigenvalue weighted by molar-refractivity contribution is 5.88. The molecule has 1 saturated heterocycles. The van der Waals surface area contributed by atoms with Crippen molar-refractivity contribution < 1.29 is 9.59 Å². The van der Waals surface area contributed by atoms with E-state index in [0.29, 0.717) is 13.0 Å². The van der Waals surface area contributed by atoms with E-state index < -0.39 is 0 Å². The first-order valence-electron chi connectivity index (χ1n) is 7.39. The molecule has 1 atom stereocenters. The topological polar surface area (TPSA) is 49.4 Å². The van der Waals surface area contributed by atoms with E-state index >= 15 is 0 Å². The Balaban J connectivity index is 1.70. The van der Waals surface area contributed by atoms with Crippen LogP contribution in [0.4, 0.5) is 0 Å². The van der Waals surface area contributed by atoms with Crippen molar-refractivity contribution in [2.24, 2.45) is 0 Å². The molecule has 0 saturated carbocycles. The summed E-state index contributed by atoms with van der Waals surface area (Å²) in [6.45, 7) is 1.42. The standard InChI is InChI=1S/C16H20N2O2/c19-15-8-4-3-7-14(17-15)16(20)18-10-9-12-5-1-2-6-13(12)11-18/h1-2,5-6,14H,3-4,7-11H2,(H,17,19)/t14-/m0/s1. The van der Waals surface area contributed by atoms with E-state index in [1.54, 1.807) is 0 Å². The Labute approximate surface area is 119 Å². The lowest BCUT2D eigenvalue weighted by Gasteiger charge is -2.31. The molecule has 0 aliphatic carbocycles. The van der Waals surface area contributed by atoms with Gasteiger partial charge in [0.05, 0.1) is 0 Å². The molecule has 1 aromatic carbocycles. The van der Waals surface area contributed by atoms with Crippen LogP contribution in [0.25, 0.3) is 0 Å². The van der Waals surface area contributed by atoms with Crippen molar-refractivity contribution in [2.75, 3.05) is 6.54 Å². The highest BCUT2D eigenvalue weighted by Gasteiger charge is 2.29. The summed E-state index contributed by atoms with van der Waals surface area (Å²) in [5.74, 6) is 0.0908. The summed E-state index contributed by atoms with van der Waals surface area (Å²) in [6.07, 6.45) is 4.05. The molecule has 2 aliphatic rings. The van der Waals surface area contributed by atoms with E-state index in [1.165, 1.54) is 11.1 Å². The van der Waals surface area contributed by atoms with Crippen molar-refractivity contribution in [3.63, 3.8) is 0 Å². The minimum atomic E-state index is -0.324. The quantitative estimate of drug-likeness (QED) is 0.844. The molecular weight excluding hydrogens is 252 g/mol. The van der Waals surface area contributed by atoms with Crippen molar-refractivity contribution in [1.29, 1.82) is 0 Å². The number of carbonyl (C=O) groups excluding carboxylic acids is 2. The molecule has 2 aliphatic heterocycles. The first-order valence-corrected chi connectivity index (χ1v) is 7.39.